The fourth-order valence-corrected chi connectivity index (χ4v) is 2.24. The van der Waals surface area contributed by atoms with Crippen LogP contribution in [0.1, 0.15) is 12.8 Å². The van der Waals surface area contributed by atoms with Gasteiger partial charge in [0.2, 0.25) is 11.8 Å². The number of ether oxygens (including phenoxy) is 4. The molecule has 0 radical (unpaired) electrons. The molecule has 190 valence electrons. The Bertz CT molecular complexity index is 473. The quantitative estimate of drug-likeness (QED) is 0.0764. The molecule has 0 bridgehead atoms. The number of hydrogen-bond acceptors (Lipinski definition) is 11. The number of aliphatic hydroxyl groups is 4. The first kappa shape index (κ1) is 30.6. The summed E-state index contributed by atoms with van der Waals surface area (Å²) in [6.07, 6.45) is -4.26. The fourth-order valence-electron chi connectivity index (χ4n) is 2.24. The standard InChI is InChI=1S/C19H39N3O10/c20-3-6-30-8-10-32-12-11-31-9-7-29-5-2-17(26)22-14-18(27)21-13-16(25)19(28)15(24)1-4-23/h15-16,19,23-25,28H,1-14,20H2,(H,21,27)(H,22,26). The van der Waals surface area contributed by atoms with Crippen molar-refractivity contribution in [3.63, 3.8) is 0 Å². The van der Waals surface area contributed by atoms with Gasteiger partial charge in [0.1, 0.15) is 6.10 Å². The minimum atomic E-state index is -1.51. The van der Waals surface area contributed by atoms with Crippen molar-refractivity contribution < 1.29 is 49.0 Å². The number of hydrogen-bond donors (Lipinski definition) is 7. The Morgan fingerprint density at radius 3 is 1.81 bits per heavy atom. The Hall–Kier alpha value is -1.42. The zero-order valence-corrected chi connectivity index (χ0v) is 18.4. The van der Waals surface area contributed by atoms with Gasteiger partial charge in [-0.05, 0) is 6.42 Å². The highest BCUT2D eigenvalue weighted by atomic mass is 16.6. The van der Waals surface area contributed by atoms with E-state index < -0.39 is 24.2 Å². The summed E-state index contributed by atoms with van der Waals surface area (Å²) >= 11 is 0. The average molecular weight is 470 g/mol. The maximum absolute atomic E-state index is 11.7. The molecule has 0 aromatic carbocycles. The largest absolute Gasteiger partial charge is 0.396 e. The Kier molecular flexibility index (Phi) is 20.5. The molecule has 0 aliphatic carbocycles. The topological polar surface area (TPSA) is 202 Å². The summed E-state index contributed by atoms with van der Waals surface area (Å²) in [5.74, 6) is -0.950. The van der Waals surface area contributed by atoms with E-state index in [4.69, 9.17) is 29.8 Å². The van der Waals surface area contributed by atoms with Crippen LogP contribution in [-0.2, 0) is 28.5 Å². The highest BCUT2D eigenvalue weighted by molar-refractivity contribution is 5.84. The highest BCUT2D eigenvalue weighted by Crippen LogP contribution is 2.03. The van der Waals surface area contributed by atoms with E-state index in [0.717, 1.165) is 0 Å². The normalized spacial score (nSPS) is 14.0. The van der Waals surface area contributed by atoms with Gasteiger partial charge < -0.3 is 55.7 Å². The van der Waals surface area contributed by atoms with Gasteiger partial charge in [0.05, 0.1) is 71.6 Å². The number of aliphatic hydroxyl groups excluding tert-OH is 4. The number of amides is 2. The number of nitrogens with one attached hydrogen (secondary N) is 2. The molecule has 0 saturated heterocycles. The van der Waals surface area contributed by atoms with Crippen molar-refractivity contribution in [2.45, 2.75) is 31.2 Å². The van der Waals surface area contributed by atoms with Gasteiger partial charge in [-0.15, -0.1) is 0 Å². The molecule has 3 atom stereocenters. The maximum atomic E-state index is 11.7. The summed E-state index contributed by atoms with van der Waals surface area (Å²) in [6, 6.07) is 0. The lowest BCUT2D eigenvalue weighted by Crippen LogP contribution is -2.46. The monoisotopic (exact) mass is 469 g/mol. The first-order valence-corrected chi connectivity index (χ1v) is 10.6. The summed E-state index contributed by atoms with van der Waals surface area (Å²) in [6.45, 7) is 2.70. The molecule has 0 spiro atoms. The predicted octanol–water partition coefficient (Wildman–Crippen LogP) is -3.90. The second-order valence-corrected chi connectivity index (χ2v) is 6.71. The number of carbonyl (C=O) groups excluding carboxylic acids is 2. The van der Waals surface area contributed by atoms with Crippen molar-refractivity contribution >= 4 is 11.8 Å². The Labute approximate surface area is 188 Å². The van der Waals surface area contributed by atoms with Crippen molar-refractivity contribution in [2.24, 2.45) is 5.73 Å². The average Bonchev–Trinajstić information content (AvgIpc) is 2.78. The molecule has 13 nitrogen and oxygen atoms in total. The lowest BCUT2D eigenvalue weighted by atomic mass is 10.1. The van der Waals surface area contributed by atoms with Gasteiger partial charge in [-0.3, -0.25) is 9.59 Å². The third-order valence-corrected chi connectivity index (χ3v) is 4.02. The zero-order valence-electron chi connectivity index (χ0n) is 18.4. The van der Waals surface area contributed by atoms with Crippen LogP contribution in [-0.4, -0.2) is 130 Å². The van der Waals surface area contributed by atoms with E-state index in [1.807, 2.05) is 0 Å². The van der Waals surface area contributed by atoms with Crippen molar-refractivity contribution in [1.29, 1.82) is 0 Å². The Morgan fingerprint density at radius 1 is 0.750 bits per heavy atom. The van der Waals surface area contributed by atoms with Gasteiger partial charge >= 0.3 is 0 Å². The summed E-state index contributed by atoms with van der Waals surface area (Å²) in [4.78, 5) is 23.3. The molecule has 0 aromatic rings. The molecule has 32 heavy (non-hydrogen) atoms. The van der Waals surface area contributed by atoms with Gasteiger partial charge in [0, 0.05) is 26.1 Å². The van der Waals surface area contributed by atoms with Gasteiger partial charge in [-0.2, -0.15) is 0 Å². The molecule has 0 aliphatic heterocycles. The van der Waals surface area contributed by atoms with Gasteiger partial charge in [0.25, 0.3) is 0 Å². The maximum Gasteiger partial charge on any atom is 0.239 e. The van der Waals surface area contributed by atoms with Crippen LogP contribution < -0.4 is 16.4 Å². The van der Waals surface area contributed by atoms with E-state index in [1.54, 1.807) is 0 Å². The third-order valence-electron chi connectivity index (χ3n) is 4.02. The van der Waals surface area contributed by atoms with Gasteiger partial charge in [-0.1, -0.05) is 0 Å². The molecule has 8 N–H and O–H groups in total. The lowest BCUT2D eigenvalue weighted by Gasteiger charge is -2.22. The smallest absolute Gasteiger partial charge is 0.239 e. The van der Waals surface area contributed by atoms with E-state index in [1.165, 1.54) is 0 Å². The van der Waals surface area contributed by atoms with Crippen LogP contribution in [0.5, 0.6) is 0 Å². The molecule has 0 fully saturated rings. The molecule has 0 aliphatic rings. The molecule has 0 saturated carbocycles. The summed E-state index contributed by atoms with van der Waals surface area (Å²) in [5, 5.41) is 42.2. The molecular weight excluding hydrogens is 430 g/mol. The van der Waals surface area contributed by atoms with E-state index in [2.05, 4.69) is 10.6 Å². The second-order valence-electron chi connectivity index (χ2n) is 6.71. The van der Waals surface area contributed by atoms with Crippen LogP contribution >= 0.6 is 0 Å². The molecule has 13 heteroatoms. The SMILES string of the molecule is NCCOCCOCCOCCOCCC(=O)NCC(=O)NCC(O)C(O)C(O)CCO. The third kappa shape index (κ3) is 18.2. The fraction of sp³-hybridized carbons (Fsp3) is 0.895. The van der Waals surface area contributed by atoms with Crippen molar-refractivity contribution in [1.82, 2.24) is 10.6 Å². The molecule has 3 unspecified atom stereocenters. The number of rotatable bonds is 22. The number of carbonyl (C=O) groups is 2. The molecule has 0 rings (SSSR count). The van der Waals surface area contributed by atoms with Crippen molar-refractivity contribution in [3.05, 3.63) is 0 Å². The van der Waals surface area contributed by atoms with Crippen LogP contribution in [0.3, 0.4) is 0 Å². The second kappa shape index (κ2) is 21.4. The first-order valence-electron chi connectivity index (χ1n) is 10.6. The van der Waals surface area contributed by atoms with Crippen molar-refractivity contribution in [3.8, 4) is 0 Å². The van der Waals surface area contributed by atoms with Crippen LogP contribution in [0.25, 0.3) is 0 Å². The summed E-state index contributed by atoms with van der Waals surface area (Å²) < 4.78 is 21.0. The minimum absolute atomic E-state index is 0.0634. The zero-order chi connectivity index (χ0) is 24.0. The van der Waals surface area contributed by atoms with Gasteiger partial charge in [0.15, 0.2) is 0 Å². The first-order chi connectivity index (χ1) is 15.4. The Morgan fingerprint density at radius 2 is 1.28 bits per heavy atom. The van der Waals surface area contributed by atoms with Crippen LogP contribution in [0.4, 0.5) is 0 Å². The number of nitrogens with two attached hydrogens (primary N) is 1. The molecule has 0 heterocycles. The predicted molar refractivity (Wildman–Crippen MR) is 113 cm³/mol. The van der Waals surface area contributed by atoms with E-state index >= 15 is 0 Å². The Balaban J connectivity index is 3.55. The summed E-state index contributed by atoms with van der Waals surface area (Å²) in [7, 11) is 0. The highest BCUT2D eigenvalue weighted by Gasteiger charge is 2.24. The van der Waals surface area contributed by atoms with Crippen LogP contribution in [0.15, 0.2) is 0 Å². The van der Waals surface area contributed by atoms with Gasteiger partial charge in [-0.25, -0.2) is 0 Å². The van der Waals surface area contributed by atoms with Crippen molar-refractivity contribution in [2.75, 3.05) is 79.1 Å². The molecular formula is C19H39N3O10. The molecule has 2 amide bonds. The van der Waals surface area contributed by atoms with E-state index in [0.29, 0.717) is 52.8 Å². The van der Waals surface area contributed by atoms with Crippen LogP contribution in [0.2, 0.25) is 0 Å². The van der Waals surface area contributed by atoms with E-state index in [-0.39, 0.29) is 45.1 Å². The lowest BCUT2D eigenvalue weighted by molar-refractivity contribution is -0.127. The minimum Gasteiger partial charge on any atom is -0.396 e. The van der Waals surface area contributed by atoms with Crippen LogP contribution in [0, 0.1) is 0 Å². The summed E-state index contributed by atoms with van der Waals surface area (Å²) in [5.41, 5.74) is 5.28. The molecule has 0 aromatic heterocycles. The van der Waals surface area contributed by atoms with E-state index in [9.17, 15) is 24.9 Å².